The first-order valence-corrected chi connectivity index (χ1v) is 11.3. The standard InChI is InChI=1S/C24H32N4O3/c1-24(2,3)31-23(30)27-15-14-20-19(16-27)21(29)28(18-12-8-5-9-13-18)22(26-20)25-17-10-6-4-7-11-17/h5,8-9,12-13,17H,4,6-7,10-11,14-16H2,1-3H3,(H,25,26). The zero-order chi connectivity index (χ0) is 22.0. The fourth-order valence-electron chi connectivity index (χ4n) is 4.30. The first kappa shape index (κ1) is 21.4. The second-order valence-corrected chi connectivity index (χ2v) is 9.47. The van der Waals surface area contributed by atoms with Crippen LogP contribution in [-0.4, -0.2) is 38.7 Å². The van der Waals surface area contributed by atoms with Crippen LogP contribution >= 0.6 is 0 Å². The zero-order valence-electron chi connectivity index (χ0n) is 18.7. The predicted molar refractivity (Wildman–Crippen MR) is 121 cm³/mol. The van der Waals surface area contributed by atoms with E-state index in [1.54, 1.807) is 9.47 Å². The van der Waals surface area contributed by atoms with Gasteiger partial charge in [0.25, 0.3) is 5.56 Å². The number of fused-ring (bicyclic) bond motifs is 1. The van der Waals surface area contributed by atoms with E-state index in [4.69, 9.17) is 9.72 Å². The van der Waals surface area contributed by atoms with Crippen LogP contribution in [0.1, 0.15) is 64.1 Å². The van der Waals surface area contributed by atoms with Gasteiger partial charge in [-0.25, -0.2) is 14.3 Å². The van der Waals surface area contributed by atoms with Gasteiger partial charge in [0.05, 0.1) is 23.5 Å². The summed E-state index contributed by atoms with van der Waals surface area (Å²) >= 11 is 0. The summed E-state index contributed by atoms with van der Waals surface area (Å²) in [5.74, 6) is 0.604. The number of benzene rings is 1. The Morgan fingerprint density at radius 2 is 1.84 bits per heavy atom. The Kier molecular flexibility index (Phi) is 6.03. The van der Waals surface area contributed by atoms with Crippen molar-refractivity contribution in [3.8, 4) is 5.69 Å². The number of para-hydroxylation sites is 1. The van der Waals surface area contributed by atoms with E-state index < -0.39 is 11.7 Å². The summed E-state index contributed by atoms with van der Waals surface area (Å²) in [6.07, 6.45) is 5.99. The summed E-state index contributed by atoms with van der Waals surface area (Å²) in [5, 5.41) is 3.55. The molecule has 2 aliphatic rings. The van der Waals surface area contributed by atoms with Crippen molar-refractivity contribution in [2.45, 2.75) is 77.5 Å². The number of hydrogen-bond acceptors (Lipinski definition) is 5. The largest absolute Gasteiger partial charge is 0.444 e. The minimum absolute atomic E-state index is 0.122. The number of amides is 1. The van der Waals surface area contributed by atoms with Gasteiger partial charge < -0.3 is 15.0 Å². The molecule has 0 unspecified atom stereocenters. The van der Waals surface area contributed by atoms with Crippen LogP contribution in [0.5, 0.6) is 0 Å². The van der Waals surface area contributed by atoms with Gasteiger partial charge in [-0.15, -0.1) is 0 Å². The Balaban J connectivity index is 1.70. The Hall–Kier alpha value is -2.83. The molecule has 1 saturated carbocycles. The van der Waals surface area contributed by atoms with Gasteiger partial charge in [0, 0.05) is 19.0 Å². The molecule has 0 atom stereocenters. The smallest absolute Gasteiger partial charge is 0.410 e. The molecule has 4 rings (SSSR count). The molecule has 1 aromatic carbocycles. The third-order valence-corrected chi connectivity index (χ3v) is 5.83. The van der Waals surface area contributed by atoms with E-state index in [0.717, 1.165) is 24.2 Å². The minimum Gasteiger partial charge on any atom is -0.444 e. The summed E-state index contributed by atoms with van der Waals surface area (Å²) in [5.41, 5.74) is 1.41. The van der Waals surface area contributed by atoms with E-state index >= 15 is 0 Å². The van der Waals surface area contributed by atoms with E-state index in [1.165, 1.54) is 19.3 Å². The summed E-state index contributed by atoms with van der Waals surface area (Å²) in [6, 6.07) is 9.91. The maximum atomic E-state index is 13.6. The molecule has 31 heavy (non-hydrogen) atoms. The molecular weight excluding hydrogens is 392 g/mol. The summed E-state index contributed by atoms with van der Waals surface area (Å²) < 4.78 is 7.18. The van der Waals surface area contributed by atoms with Crippen molar-refractivity contribution >= 4 is 12.0 Å². The molecule has 1 N–H and O–H groups in total. The Bertz CT molecular complexity index is 988. The molecule has 1 aliphatic heterocycles. The second kappa shape index (κ2) is 8.73. The lowest BCUT2D eigenvalue weighted by Gasteiger charge is -2.31. The van der Waals surface area contributed by atoms with Crippen molar-refractivity contribution in [3.05, 3.63) is 51.9 Å². The Labute approximate surface area is 183 Å². The molecule has 2 heterocycles. The van der Waals surface area contributed by atoms with E-state index in [1.807, 2.05) is 51.1 Å². The van der Waals surface area contributed by atoms with E-state index in [0.29, 0.717) is 30.5 Å². The maximum Gasteiger partial charge on any atom is 0.410 e. The number of nitrogens with one attached hydrogen (secondary N) is 1. The first-order valence-electron chi connectivity index (χ1n) is 11.3. The lowest BCUT2D eigenvalue weighted by Crippen LogP contribution is -2.43. The summed E-state index contributed by atoms with van der Waals surface area (Å²) in [6.45, 7) is 6.24. The molecule has 1 fully saturated rings. The topological polar surface area (TPSA) is 76.5 Å². The number of carbonyl (C=O) groups excluding carboxylic acids is 1. The van der Waals surface area contributed by atoms with Crippen LogP contribution in [0.2, 0.25) is 0 Å². The Morgan fingerprint density at radius 1 is 1.13 bits per heavy atom. The predicted octanol–water partition coefficient (Wildman–Crippen LogP) is 4.27. The minimum atomic E-state index is -0.576. The molecule has 1 amide bonds. The Morgan fingerprint density at radius 3 is 2.52 bits per heavy atom. The highest BCUT2D eigenvalue weighted by molar-refractivity contribution is 5.68. The van der Waals surface area contributed by atoms with Gasteiger partial charge in [0.15, 0.2) is 0 Å². The first-order chi connectivity index (χ1) is 14.8. The van der Waals surface area contributed by atoms with Crippen LogP contribution in [0, 0.1) is 0 Å². The number of nitrogens with zero attached hydrogens (tertiary/aromatic N) is 3. The fourth-order valence-corrected chi connectivity index (χ4v) is 4.30. The molecule has 7 heteroatoms. The van der Waals surface area contributed by atoms with Crippen molar-refractivity contribution in [1.82, 2.24) is 14.5 Å². The average Bonchev–Trinajstić information content (AvgIpc) is 2.74. The normalized spacial score (nSPS) is 17.2. The third kappa shape index (κ3) is 4.92. The highest BCUT2D eigenvalue weighted by atomic mass is 16.6. The average molecular weight is 425 g/mol. The molecule has 2 aromatic rings. The molecular formula is C24H32N4O3. The highest BCUT2D eigenvalue weighted by Crippen LogP contribution is 2.24. The van der Waals surface area contributed by atoms with Crippen molar-refractivity contribution in [2.75, 3.05) is 11.9 Å². The SMILES string of the molecule is CC(C)(C)OC(=O)N1CCc2nc(NC3CCCCC3)n(-c3ccccc3)c(=O)c2C1. The molecule has 0 saturated heterocycles. The number of hydrogen-bond donors (Lipinski definition) is 1. The van der Waals surface area contributed by atoms with E-state index in [2.05, 4.69) is 5.32 Å². The van der Waals surface area contributed by atoms with Gasteiger partial charge in [0.1, 0.15) is 5.60 Å². The fraction of sp³-hybridized carbons (Fsp3) is 0.542. The summed E-state index contributed by atoms with van der Waals surface area (Å²) in [7, 11) is 0. The lowest BCUT2D eigenvalue weighted by molar-refractivity contribution is 0.0221. The number of anilines is 1. The van der Waals surface area contributed by atoms with Crippen LogP contribution in [-0.2, 0) is 17.7 Å². The molecule has 1 aliphatic carbocycles. The van der Waals surface area contributed by atoms with Crippen LogP contribution in [0.15, 0.2) is 35.1 Å². The van der Waals surface area contributed by atoms with Gasteiger partial charge >= 0.3 is 6.09 Å². The van der Waals surface area contributed by atoms with Crippen LogP contribution < -0.4 is 10.9 Å². The van der Waals surface area contributed by atoms with E-state index in [9.17, 15) is 9.59 Å². The van der Waals surface area contributed by atoms with Crippen LogP contribution in [0.25, 0.3) is 5.69 Å². The molecule has 1 aromatic heterocycles. The molecule has 0 bridgehead atoms. The number of rotatable bonds is 3. The maximum absolute atomic E-state index is 13.6. The van der Waals surface area contributed by atoms with Gasteiger partial charge in [-0.3, -0.25) is 4.79 Å². The summed E-state index contributed by atoms with van der Waals surface area (Å²) in [4.78, 5) is 32.7. The van der Waals surface area contributed by atoms with Gasteiger partial charge in [-0.2, -0.15) is 0 Å². The van der Waals surface area contributed by atoms with Crippen molar-refractivity contribution in [1.29, 1.82) is 0 Å². The van der Waals surface area contributed by atoms with Gasteiger partial charge in [-0.1, -0.05) is 37.5 Å². The van der Waals surface area contributed by atoms with Crippen molar-refractivity contribution in [2.24, 2.45) is 0 Å². The van der Waals surface area contributed by atoms with Crippen molar-refractivity contribution in [3.63, 3.8) is 0 Å². The number of carbonyl (C=O) groups is 1. The van der Waals surface area contributed by atoms with Gasteiger partial charge in [-0.05, 0) is 45.7 Å². The molecule has 166 valence electrons. The zero-order valence-corrected chi connectivity index (χ0v) is 18.7. The molecule has 0 radical (unpaired) electrons. The van der Waals surface area contributed by atoms with Crippen LogP contribution in [0.3, 0.4) is 0 Å². The highest BCUT2D eigenvalue weighted by Gasteiger charge is 2.30. The quantitative estimate of drug-likeness (QED) is 0.796. The number of aromatic nitrogens is 2. The van der Waals surface area contributed by atoms with E-state index in [-0.39, 0.29) is 12.1 Å². The lowest BCUT2D eigenvalue weighted by atomic mass is 9.96. The molecule has 0 spiro atoms. The van der Waals surface area contributed by atoms with Crippen molar-refractivity contribution < 1.29 is 9.53 Å². The third-order valence-electron chi connectivity index (χ3n) is 5.83. The van der Waals surface area contributed by atoms with Gasteiger partial charge in [0.2, 0.25) is 5.95 Å². The van der Waals surface area contributed by atoms with Crippen LogP contribution in [0.4, 0.5) is 10.7 Å². The monoisotopic (exact) mass is 424 g/mol. The molecule has 7 nitrogen and oxygen atoms in total. The number of ether oxygens (including phenoxy) is 1. The second-order valence-electron chi connectivity index (χ2n) is 9.47.